The van der Waals surface area contributed by atoms with Crippen LogP contribution in [-0.2, 0) is 4.79 Å². The Kier molecular flexibility index (Phi) is 4.91. The number of halogens is 1. The first-order valence-electron chi connectivity index (χ1n) is 8.46. The van der Waals surface area contributed by atoms with Crippen molar-refractivity contribution < 1.29 is 4.79 Å². The summed E-state index contributed by atoms with van der Waals surface area (Å²) in [4.78, 5) is 14.8. The average Bonchev–Trinajstić information content (AvgIpc) is 3.45. The summed E-state index contributed by atoms with van der Waals surface area (Å²) >= 11 is 6.03. The summed E-state index contributed by atoms with van der Waals surface area (Å²) < 4.78 is 0. The molecule has 1 aromatic carbocycles. The Balaban J connectivity index is 1.96. The van der Waals surface area contributed by atoms with Gasteiger partial charge in [0.25, 0.3) is 0 Å². The molecular weight excluding hydrogens is 306 g/mol. The number of hydrogen-bond acceptors (Lipinski definition) is 1. The lowest BCUT2D eigenvalue weighted by Crippen LogP contribution is -2.44. The Labute approximate surface area is 143 Å². The highest BCUT2D eigenvalue weighted by Gasteiger charge is 2.47. The summed E-state index contributed by atoms with van der Waals surface area (Å²) in [5.41, 5.74) is 1.12. The van der Waals surface area contributed by atoms with E-state index >= 15 is 0 Å². The molecule has 122 valence electrons. The van der Waals surface area contributed by atoms with E-state index in [9.17, 15) is 4.79 Å². The molecule has 2 nitrogen and oxygen atoms in total. The van der Waals surface area contributed by atoms with Crippen molar-refractivity contribution in [2.75, 3.05) is 0 Å². The Morgan fingerprint density at radius 3 is 2.17 bits per heavy atom. The summed E-state index contributed by atoms with van der Waals surface area (Å²) in [7, 11) is 0. The molecule has 1 amide bonds. The van der Waals surface area contributed by atoms with Gasteiger partial charge in [0.15, 0.2) is 0 Å². The molecule has 0 heterocycles. The molecule has 2 aliphatic carbocycles. The fourth-order valence-corrected chi connectivity index (χ4v) is 3.71. The predicted molar refractivity (Wildman–Crippen MR) is 95.3 cm³/mol. The van der Waals surface area contributed by atoms with Gasteiger partial charge in [-0.2, -0.15) is 0 Å². The lowest BCUT2D eigenvalue weighted by molar-refractivity contribution is -0.132. The van der Waals surface area contributed by atoms with Gasteiger partial charge in [0.1, 0.15) is 0 Å². The molecule has 1 aromatic rings. The molecule has 1 unspecified atom stereocenters. The zero-order valence-electron chi connectivity index (χ0n) is 13.5. The van der Waals surface area contributed by atoms with Crippen molar-refractivity contribution in [1.29, 1.82) is 0 Å². The molecule has 0 aromatic heterocycles. The highest BCUT2D eigenvalue weighted by atomic mass is 35.5. The number of nitrogens with zero attached hydrogens (tertiary/aromatic N) is 1. The van der Waals surface area contributed by atoms with Crippen molar-refractivity contribution in [3.63, 3.8) is 0 Å². The number of benzene rings is 1. The van der Waals surface area contributed by atoms with E-state index in [4.69, 9.17) is 11.6 Å². The van der Waals surface area contributed by atoms with E-state index in [1.807, 2.05) is 30.3 Å². The first kappa shape index (κ1) is 16.3. The van der Waals surface area contributed by atoms with Crippen LogP contribution in [0.4, 0.5) is 0 Å². The lowest BCUT2D eigenvalue weighted by atomic mass is 9.96. The predicted octanol–water partition coefficient (Wildman–Crippen LogP) is 5.16. The highest BCUT2D eigenvalue weighted by molar-refractivity contribution is 6.30. The van der Waals surface area contributed by atoms with Gasteiger partial charge in [-0.05, 0) is 67.7 Å². The first-order valence-corrected chi connectivity index (χ1v) is 8.84. The Morgan fingerprint density at radius 2 is 1.74 bits per heavy atom. The monoisotopic (exact) mass is 329 g/mol. The molecule has 2 fully saturated rings. The smallest absolute Gasteiger partial charge is 0.246 e. The van der Waals surface area contributed by atoms with E-state index in [2.05, 4.69) is 18.1 Å². The molecule has 3 rings (SSSR count). The van der Waals surface area contributed by atoms with E-state index in [1.54, 1.807) is 0 Å². The van der Waals surface area contributed by atoms with Crippen LogP contribution in [0.3, 0.4) is 0 Å². The summed E-state index contributed by atoms with van der Waals surface area (Å²) in [5.74, 6) is 1.35. The zero-order chi connectivity index (χ0) is 16.4. The maximum absolute atomic E-state index is 12.7. The van der Waals surface area contributed by atoms with E-state index in [0.717, 1.165) is 12.0 Å². The van der Waals surface area contributed by atoms with Gasteiger partial charge in [0.2, 0.25) is 5.91 Å². The minimum Gasteiger partial charge on any atom is -0.328 e. The highest BCUT2D eigenvalue weighted by Crippen LogP contribution is 2.49. The average molecular weight is 330 g/mol. The van der Waals surface area contributed by atoms with Crippen LogP contribution in [0.2, 0.25) is 5.02 Å². The molecule has 2 aliphatic rings. The first-order chi connectivity index (χ1) is 11.2. The van der Waals surface area contributed by atoms with Crippen LogP contribution >= 0.6 is 11.6 Å². The number of carbonyl (C=O) groups excluding carboxylic acids is 1. The van der Waals surface area contributed by atoms with Gasteiger partial charge in [-0.3, -0.25) is 4.79 Å². The second-order valence-corrected chi connectivity index (χ2v) is 7.14. The molecule has 0 radical (unpaired) electrons. The minimum atomic E-state index is 0.0152. The Morgan fingerprint density at radius 1 is 1.17 bits per heavy atom. The molecule has 0 spiro atoms. The quantitative estimate of drug-likeness (QED) is 0.476. The van der Waals surface area contributed by atoms with E-state index in [0.29, 0.717) is 22.9 Å². The molecule has 1 atom stereocenters. The van der Waals surface area contributed by atoms with Crippen LogP contribution in [0.5, 0.6) is 0 Å². The fourth-order valence-electron chi connectivity index (χ4n) is 3.58. The molecular formula is C20H24ClNO. The van der Waals surface area contributed by atoms with E-state index in [1.165, 1.54) is 31.8 Å². The standard InChI is InChI=1S/C20H24ClNO/c1-3-5-18(14-10-12-17(21)13-11-14)22(19(23)4-2)20(15-6-7-15)16-8-9-16/h3-4,10-13,15-16,18,20H,1-2,5-9H2. The maximum Gasteiger partial charge on any atom is 0.246 e. The number of hydrogen-bond donors (Lipinski definition) is 0. The van der Waals surface area contributed by atoms with Crippen molar-refractivity contribution in [2.24, 2.45) is 11.8 Å². The Bertz CT molecular complexity index is 574. The van der Waals surface area contributed by atoms with Crippen LogP contribution < -0.4 is 0 Å². The van der Waals surface area contributed by atoms with Gasteiger partial charge < -0.3 is 4.90 Å². The molecule has 23 heavy (non-hydrogen) atoms. The van der Waals surface area contributed by atoms with Crippen molar-refractivity contribution in [3.05, 3.63) is 60.2 Å². The van der Waals surface area contributed by atoms with Crippen molar-refractivity contribution in [2.45, 2.75) is 44.2 Å². The zero-order valence-corrected chi connectivity index (χ0v) is 14.2. The van der Waals surface area contributed by atoms with Gasteiger partial charge in [0, 0.05) is 11.1 Å². The summed E-state index contributed by atoms with van der Waals surface area (Å²) in [6.45, 7) is 7.64. The summed E-state index contributed by atoms with van der Waals surface area (Å²) in [5, 5.41) is 0.716. The van der Waals surface area contributed by atoms with Crippen LogP contribution in [0.25, 0.3) is 0 Å². The van der Waals surface area contributed by atoms with Gasteiger partial charge in [0.05, 0.1) is 6.04 Å². The third-order valence-corrected chi connectivity index (χ3v) is 5.19. The van der Waals surface area contributed by atoms with Gasteiger partial charge in [-0.1, -0.05) is 36.4 Å². The van der Waals surface area contributed by atoms with Gasteiger partial charge >= 0.3 is 0 Å². The summed E-state index contributed by atoms with van der Waals surface area (Å²) in [6.07, 6.45) is 9.07. The molecule has 3 heteroatoms. The third-order valence-electron chi connectivity index (χ3n) is 4.94. The van der Waals surface area contributed by atoms with Gasteiger partial charge in [-0.25, -0.2) is 0 Å². The van der Waals surface area contributed by atoms with Crippen molar-refractivity contribution in [1.82, 2.24) is 4.90 Å². The number of rotatable bonds is 8. The largest absolute Gasteiger partial charge is 0.328 e. The lowest BCUT2D eigenvalue weighted by Gasteiger charge is -2.38. The normalized spacial score (nSPS) is 18.5. The minimum absolute atomic E-state index is 0.0152. The third kappa shape index (κ3) is 3.69. The van der Waals surface area contributed by atoms with Gasteiger partial charge in [-0.15, -0.1) is 6.58 Å². The molecule has 2 saturated carbocycles. The number of amides is 1. The van der Waals surface area contributed by atoms with Crippen LogP contribution in [0.15, 0.2) is 49.6 Å². The molecule has 0 N–H and O–H groups in total. The van der Waals surface area contributed by atoms with Crippen LogP contribution in [-0.4, -0.2) is 16.8 Å². The van der Waals surface area contributed by atoms with Crippen LogP contribution in [0.1, 0.15) is 43.7 Å². The van der Waals surface area contributed by atoms with Crippen LogP contribution in [0, 0.1) is 11.8 Å². The molecule has 0 aliphatic heterocycles. The maximum atomic E-state index is 12.7. The second kappa shape index (κ2) is 6.92. The van der Waals surface area contributed by atoms with Crippen molar-refractivity contribution in [3.8, 4) is 0 Å². The molecule has 0 saturated heterocycles. The van der Waals surface area contributed by atoms with E-state index in [-0.39, 0.29) is 11.9 Å². The summed E-state index contributed by atoms with van der Waals surface area (Å²) in [6, 6.07) is 8.20. The number of carbonyl (C=O) groups is 1. The fraction of sp³-hybridized carbons (Fsp3) is 0.450. The Hall–Kier alpha value is -1.54. The topological polar surface area (TPSA) is 20.3 Å². The molecule has 0 bridgehead atoms. The SMILES string of the molecule is C=CCC(c1ccc(Cl)cc1)N(C(=O)C=C)C(C1CC1)C1CC1. The van der Waals surface area contributed by atoms with E-state index < -0.39 is 0 Å². The second-order valence-electron chi connectivity index (χ2n) is 6.71. The van der Waals surface area contributed by atoms with Crippen molar-refractivity contribution >= 4 is 17.5 Å².